The Kier molecular flexibility index (Phi) is 4.04. The lowest BCUT2D eigenvalue weighted by atomic mass is 9.84. The molecule has 0 aliphatic carbocycles. The molecular weight excluding hydrogens is 290 g/mol. The summed E-state index contributed by atoms with van der Waals surface area (Å²) < 4.78 is 0. The molecule has 0 N–H and O–H groups in total. The van der Waals surface area contributed by atoms with Gasteiger partial charge in [-0.25, -0.2) is 0 Å². The molecule has 2 unspecified atom stereocenters. The molecule has 0 spiro atoms. The third-order valence-electron chi connectivity index (χ3n) is 4.83. The van der Waals surface area contributed by atoms with E-state index in [9.17, 15) is 10.1 Å². The van der Waals surface area contributed by atoms with E-state index in [0.29, 0.717) is 17.6 Å². The zero-order valence-electron chi connectivity index (χ0n) is 12.2. The number of halogens is 1. The van der Waals surface area contributed by atoms with Gasteiger partial charge in [-0.2, -0.15) is 0 Å². The highest BCUT2D eigenvalue weighted by Crippen LogP contribution is 2.38. The summed E-state index contributed by atoms with van der Waals surface area (Å²) >= 11 is 6.03. The van der Waals surface area contributed by atoms with E-state index in [0.717, 1.165) is 19.5 Å². The zero-order chi connectivity index (χ0) is 15.0. The highest BCUT2D eigenvalue weighted by molar-refractivity contribution is 6.33. The van der Waals surface area contributed by atoms with Crippen molar-refractivity contribution in [1.82, 2.24) is 4.90 Å². The van der Waals surface area contributed by atoms with Crippen LogP contribution in [0, 0.1) is 16.0 Å². The third-order valence-corrected chi connectivity index (χ3v) is 5.14. The van der Waals surface area contributed by atoms with Gasteiger partial charge in [-0.3, -0.25) is 10.1 Å². The Bertz CT molecular complexity index is 552. The molecule has 2 aliphatic heterocycles. The quantitative estimate of drug-likeness (QED) is 0.622. The van der Waals surface area contributed by atoms with Gasteiger partial charge in [-0.05, 0) is 50.9 Å². The van der Waals surface area contributed by atoms with Gasteiger partial charge in [0.25, 0.3) is 0 Å². The maximum atomic E-state index is 11.3. The normalized spacial score (nSPS) is 26.5. The van der Waals surface area contributed by atoms with Gasteiger partial charge >= 0.3 is 5.69 Å². The van der Waals surface area contributed by atoms with Crippen LogP contribution in [-0.4, -0.2) is 42.5 Å². The average Bonchev–Trinajstić information content (AvgIpc) is 2.46. The molecule has 2 aliphatic rings. The molecule has 2 saturated heterocycles. The monoisotopic (exact) mass is 309 g/mol. The molecule has 0 aromatic heterocycles. The summed E-state index contributed by atoms with van der Waals surface area (Å²) in [6.45, 7) is 2.90. The zero-order valence-corrected chi connectivity index (χ0v) is 12.9. The molecular formula is C15H20ClN3O2. The number of likely N-dealkylation sites (tertiary alicyclic amines) is 1. The minimum absolute atomic E-state index is 0.0433. The number of hydrogen-bond donors (Lipinski definition) is 0. The van der Waals surface area contributed by atoms with Gasteiger partial charge in [-0.15, -0.1) is 0 Å². The molecule has 1 aromatic rings. The van der Waals surface area contributed by atoms with Crippen LogP contribution in [0.25, 0.3) is 0 Å². The molecule has 2 atom stereocenters. The maximum absolute atomic E-state index is 11.3. The van der Waals surface area contributed by atoms with Gasteiger partial charge in [0, 0.05) is 19.1 Å². The summed E-state index contributed by atoms with van der Waals surface area (Å²) in [7, 11) is 2.19. The molecule has 21 heavy (non-hydrogen) atoms. The van der Waals surface area contributed by atoms with Crippen molar-refractivity contribution in [3.05, 3.63) is 33.3 Å². The molecule has 1 aromatic carbocycles. The highest BCUT2D eigenvalue weighted by Gasteiger charge is 2.36. The van der Waals surface area contributed by atoms with E-state index in [4.69, 9.17) is 11.6 Å². The van der Waals surface area contributed by atoms with Crippen LogP contribution in [0.2, 0.25) is 5.02 Å². The van der Waals surface area contributed by atoms with E-state index in [1.54, 1.807) is 12.1 Å². The molecule has 3 rings (SSSR count). The minimum atomic E-state index is -0.364. The third kappa shape index (κ3) is 2.72. The first-order valence-electron chi connectivity index (χ1n) is 7.46. The number of nitrogens with zero attached hydrogens (tertiary/aromatic N) is 3. The first-order chi connectivity index (χ1) is 10.1. The first-order valence-corrected chi connectivity index (χ1v) is 7.84. The van der Waals surface area contributed by atoms with Crippen LogP contribution in [-0.2, 0) is 0 Å². The summed E-state index contributed by atoms with van der Waals surface area (Å²) in [4.78, 5) is 15.5. The second-order valence-electron chi connectivity index (χ2n) is 6.05. The van der Waals surface area contributed by atoms with Gasteiger partial charge in [0.1, 0.15) is 10.7 Å². The van der Waals surface area contributed by atoms with E-state index < -0.39 is 0 Å². The lowest BCUT2D eigenvalue weighted by molar-refractivity contribution is -0.384. The van der Waals surface area contributed by atoms with Crippen LogP contribution in [0.3, 0.4) is 0 Å². The molecule has 2 fully saturated rings. The number of rotatable bonds is 2. The molecule has 114 valence electrons. The maximum Gasteiger partial charge on any atom is 0.310 e. The lowest BCUT2D eigenvalue weighted by Gasteiger charge is -2.46. The number of benzene rings is 1. The van der Waals surface area contributed by atoms with Crippen molar-refractivity contribution in [3.8, 4) is 0 Å². The molecule has 5 nitrogen and oxygen atoms in total. The minimum Gasteiger partial charge on any atom is -0.366 e. The SMILES string of the molecule is CN1CCCC2CN(c3cccc(Cl)c3[N+](=O)[O-])CCC21. The van der Waals surface area contributed by atoms with Crippen molar-refractivity contribution in [2.24, 2.45) is 5.92 Å². The number of fused-ring (bicyclic) bond motifs is 1. The van der Waals surface area contributed by atoms with Crippen LogP contribution >= 0.6 is 11.6 Å². The van der Waals surface area contributed by atoms with Crippen LogP contribution in [0.15, 0.2) is 18.2 Å². The van der Waals surface area contributed by atoms with Gasteiger partial charge in [0.05, 0.1) is 4.92 Å². The van der Waals surface area contributed by atoms with E-state index in [1.165, 1.54) is 19.4 Å². The van der Waals surface area contributed by atoms with Crippen molar-refractivity contribution in [1.29, 1.82) is 0 Å². The predicted molar refractivity (Wildman–Crippen MR) is 84.1 cm³/mol. The molecule has 2 heterocycles. The highest BCUT2D eigenvalue weighted by atomic mass is 35.5. The second-order valence-corrected chi connectivity index (χ2v) is 6.46. The Morgan fingerprint density at radius 2 is 2.14 bits per heavy atom. The number of nitro groups is 1. The Morgan fingerprint density at radius 1 is 1.33 bits per heavy atom. The predicted octanol–water partition coefficient (Wildman–Crippen LogP) is 3.17. The van der Waals surface area contributed by atoms with E-state index in [2.05, 4.69) is 16.8 Å². The second kappa shape index (κ2) is 5.81. The van der Waals surface area contributed by atoms with Crippen molar-refractivity contribution < 1.29 is 4.92 Å². The number of nitro benzene ring substituents is 1. The molecule has 6 heteroatoms. The van der Waals surface area contributed by atoms with Crippen LogP contribution in [0.4, 0.5) is 11.4 Å². The van der Waals surface area contributed by atoms with Crippen LogP contribution in [0.5, 0.6) is 0 Å². The molecule has 0 bridgehead atoms. The topological polar surface area (TPSA) is 49.6 Å². The summed E-state index contributed by atoms with van der Waals surface area (Å²) in [6.07, 6.45) is 3.48. The van der Waals surface area contributed by atoms with Crippen molar-refractivity contribution in [2.45, 2.75) is 25.3 Å². The Balaban J connectivity index is 1.86. The molecule has 0 radical (unpaired) electrons. The Labute approximate surface area is 129 Å². The van der Waals surface area contributed by atoms with E-state index in [-0.39, 0.29) is 15.6 Å². The van der Waals surface area contributed by atoms with Crippen LogP contribution < -0.4 is 4.90 Å². The van der Waals surface area contributed by atoms with Crippen LogP contribution in [0.1, 0.15) is 19.3 Å². The van der Waals surface area contributed by atoms with Gasteiger partial charge in [0.2, 0.25) is 0 Å². The van der Waals surface area contributed by atoms with Crippen molar-refractivity contribution in [3.63, 3.8) is 0 Å². The van der Waals surface area contributed by atoms with Crippen molar-refractivity contribution >= 4 is 23.0 Å². The standard InChI is InChI=1S/C15H20ClN3O2/c1-17-8-3-4-11-10-18(9-7-13(11)17)14-6-2-5-12(16)15(14)19(20)21/h2,5-6,11,13H,3-4,7-10H2,1H3. The lowest BCUT2D eigenvalue weighted by Crippen LogP contribution is -2.52. The van der Waals surface area contributed by atoms with Gasteiger partial charge in [-0.1, -0.05) is 17.7 Å². The summed E-state index contributed by atoms with van der Waals surface area (Å²) in [6, 6.07) is 5.82. The first kappa shape index (κ1) is 14.6. The Morgan fingerprint density at radius 3 is 2.90 bits per heavy atom. The Hall–Kier alpha value is -1.33. The molecule has 0 amide bonds. The van der Waals surface area contributed by atoms with Gasteiger partial charge < -0.3 is 9.80 Å². The number of hydrogen-bond acceptors (Lipinski definition) is 4. The van der Waals surface area contributed by atoms with Crippen molar-refractivity contribution in [2.75, 3.05) is 31.6 Å². The number of para-hydroxylation sites is 1. The summed E-state index contributed by atoms with van der Waals surface area (Å²) in [5.41, 5.74) is 0.709. The largest absolute Gasteiger partial charge is 0.366 e. The fourth-order valence-electron chi connectivity index (χ4n) is 3.81. The molecule has 0 saturated carbocycles. The van der Waals surface area contributed by atoms with E-state index >= 15 is 0 Å². The number of piperidine rings is 2. The van der Waals surface area contributed by atoms with E-state index in [1.807, 2.05) is 6.07 Å². The van der Waals surface area contributed by atoms with Gasteiger partial charge in [0.15, 0.2) is 0 Å². The number of anilines is 1. The smallest absolute Gasteiger partial charge is 0.310 e. The average molecular weight is 310 g/mol. The fourth-order valence-corrected chi connectivity index (χ4v) is 4.05. The fraction of sp³-hybridized carbons (Fsp3) is 0.600. The summed E-state index contributed by atoms with van der Waals surface area (Å²) in [5, 5.41) is 11.5. The summed E-state index contributed by atoms with van der Waals surface area (Å²) in [5.74, 6) is 0.594.